The molecule has 162 valence electrons. The number of nitrogens with one attached hydrogen (secondary N) is 2. The van der Waals surface area contributed by atoms with Crippen LogP contribution < -0.4 is 10.6 Å². The summed E-state index contributed by atoms with van der Waals surface area (Å²) in [5, 5.41) is 6.20. The first-order valence-corrected chi connectivity index (χ1v) is 11.6. The molecule has 0 unspecified atom stereocenters. The number of hydrogen-bond acceptors (Lipinski definition) is 4. The van der Waals surface area contributed by atoms with Gasteiger partial charge in [-0.3, -0.25) is 4.79 Å². The fourth-order valence-electron chi connectivity index (χ4n) is 2.96. The van der Waals surface area contributed by atoms with Gasteiger partial charge in [0.05, 0.1) is 18.0 Å². The molecule has 2 N–H and O–H groups in total. The van der Waals surface area contributed by atoms with E-state index in [0.29, 0.717) is 19.0 Å². The molecule has 0 atom stereocenters. The molecule has 0 aliphatic carbocycles. The minimum atomic E-state index is -3.49. The SMILES string of the molecule is CCNC(=NCc1ccc(S(=O)(=O)N(C)C(C)C)cc1)NCC(=O)N1CCCC1. The Hall–Kier alpha value is -2.13. The maximum Gasteiger partial charge on any atom is 0.243 e. The van der Waals surface area contributed by atoms with Crippen LogP contribution in [0.15, 0.2) is 34.2 Å². The first-order valence-electron chi connectivity index (χ1n) is 10.1. The Bertz CT molecular complexity index is 800. The third-order valence-electron chi connectivity index (χ3n) is 4.96. The van der Waals surface area contributed by atoms with Crippen molar-refractivity contribution >= 4 is 21.9 Å². The smallest absolute Gasteiger partial charge is 0.243 e. The molecule has 1 aromatic rings. The van der Waals surface area contributed by atoms with Gasteiger partial charge < -0.3 is 15.5 Å². The zero-order valence-corrected chi connectivity index (χ0v) is 18.6. The molecule has 1 fully saturated rings. The molecular formula is C20H33N5O3S. The van der Waals surface area contributed by atoms with E-state index in [0.717, 1.165) is 31.5 Å². The predicted molar refractivity (Wildman–Crippen MR) is 115 cm³/mol. The molecule has 1 saturated heterocycles. The lowest BCUT2D eigenvalue weighted by molar-refractivity contribution is -0.128. The number of rotatable bonds is 8. The van der Waals surface area contributed by atoms with Crippen LogP contribution in [0.5, 0.6) is 0 Å². The molecule has 2 rings (SSSR count). The maximum atomic E-state index is 12.5. The molecule has 0 saturated carbocycles. The highest BCUT2D eigenvalue weighted by atomic mass is 32.2. The van der Waals surface area contributed by atoms with Crippen molar-refractivity contribution in [1.82, 2.24) is 19.8 Å². The average molecular weight is 424 g/mol. The molecule has 8 nitrogen and oxygen atoms in total. The summed E-state index contributed by atoms with van der Waals surface area (Å²) in [5.74, 6) is 0.647. The van der Waals surface area contributed by atoms with Crippen molar-refractivity contribution < 1.29 is 13.2 Å². The van der Waals surface area contributed by atoms with Gasteiger partial charge in [-0.1, -0.05) is 12.1 Å². The molecule has 1 amide bonds. The van der Waals surface area contributed by atoms with Gasteiger partial charge in [-0.25, -0.2) is 13.4 Å². The molecule has 0 radical (unpaired) electrons. The van der Waals surface area contributed by atoms with Gasteiger partial charge in [0.1, 0.15) is 0 Å². The van der Waals surface area contributed by atoms with Crippen LogP contribution in [0.25, 0.3) is 0 Å². The monoisotopic (exact) mass is 423 g/mol. The number of hydrogen-bond donors (Lipinski definition) is 2. The number of carbonyl (C=O) groups is 1. The first-order chi connectivity index (χ1) is 13.8. The molecule has 1 aromatic carbocycles. The van der Waals surface area contributed by atoms with Crippen molar-refractivity contribution in [3.8, 4) is 0 Å². The van der Waals surface area contributed by atoms with Gasteiger partial charge >= 0.3 is 0 Å². The second-order valence-electron chi connectivity index (χ2n) is 7.40. The maximum absolute atomic E-state index is 12.5. The minimum Gasteiger partial charge on any atom is -0.357 e. The van der Waals surface area contributed by atoms with Gasteiger partial charge in [0.25, 0.3) is 0 Å². The Labute approximate surface area is 174 Å². The van der Waals surface area contributed by atoms with E-state index in [1.165, 1.54) is 4.31 Å². The van der Waals surface area contributed by atoms with Gasteiger partial charge in [0.2, 0.25) is 15.9 Å². The largest absolute Gasteiger partial charge is 0.357 e. The first kappa shape index (κ1) is 23.2. The molecule has 1 heterocycles. The molecule has 9 heteroatoms. The molecule has 29 heavy (non-hydrogen) atoms. The zero-order chi connectivity index (χ0) is 21.4. The van der Waals surface area contributed by atoms with Crippen LogP contribution in [-0.4, -0.2) is 68.8 Å². The fraction of sp³-hybridized carbons (Fsp3) is 0.600. The number of benzene rings is 1. The number of sulfonamides is 1. The van der Waals surface area contributed by atoms with Crippen LogP contribution >= 0.6 is 0 Å². The summed E-state index contributed by atoms with van der Waals surface area (Å²) in [6, 6.07) is 6.64. The number of likely N-dealkylation sites (tertiary alicyclic amines) is 1. The average Bonchev–Trinajstić information content (AvgIpc) is 3.24. The van der Waals surface area contributed by atoms with Crippen LogP contribution in [0, 0.1) is 0 Å². The topological polar surface area (TPSA) is 94.1 Å². The fourth-order valence-corrected chi connectivity index (χ4v) is 4.33. The van der Waals surface area contributed by atoms with Gasteiger partial charge in [-0.2, -0.15) is 4.31 Å². The lowest BCUT2D eigenvalue weighted by Gasteiger charge is -2.21. The van der Waals surface area contributed by atoms with Crippen molar-refractivity contribution in [3.63, 3.8) is 0 Å². The van der Waals surface area contributed by atoms with E-state index in [2.05, 4.69) is 15.6 Å². The summed E-state index contributed by atoms with van der Waals surface area (Å²) in [5.41, 5.74) is 0.888. The Morgan fingerprint density at radius 2 is 1.79 bits per heavy atom. The number of guanidine groups is 1. The molecular weight excluding hydrogens is 390 g/mol. The number of aliphatic imine (C=N–C) groups is 1. The molecule has 0 aromatic heterocycles. The van der Waals surface area contributed by atoms with Crippen molar-refractivity contribution in [3.05, 3.63) is 29.8 Å². The quantitative estimate of drug-likeness (QED) is 0.487. The molecule has 1 aliphatic rings. The second kappa shape index (κ2) is 10.6. The van der Waals surface area contributed by atoms with Crippen LogP contribution in [-0.2, 0) is 21.4 Å². The van der Waals surface area contributed by atoms with Gasteiger partial charge in [0, 0.05) is 32.7 Å². The summed E-state index contributed by atoms with van der Waals surface area (Å²) in [6.07, 6.45) is 2.14. The zero-order valence-electron chi connectivity index (χ0n) is 17.8. The normalized spacial score (nSPS) is 15.2. The summed E-state index contributed by atoms with van der Waals surface area (Å²) in [7, 11) is -1.91. The Balaban J connectivity index is 1.98. The van der Waals surface area contributed by atoms with E-state index in [1.54, 1.807) is 31.3 Å². The van der Waals surface area contributed by atoms with Crippen LogP contribution in [0.1, 0.15) is 39.2 Å². The Morgan fingerprint density at radius 1 is 1.17 bits per heavy atom. The molecule has 0 spiro atoms. The van der Waals surface area contributed by atoms with Gasteiger partial charge in [-0.05, 0) is 51.3 Å². The van der Waals surface area contributed by atoms with E-state index in [4.69, 9.17) is 0 Å². The highest BCUT2D eigenvalue weighted by Gasteiger charge is 2.22. The molecule has 0 bridgehead atoms. The van der Waals surface area contributed by atoms with Crippen molar-refractivity contribution in [2.24, 2.45) is 4.99 Å². The van der Waals surface area contributed by atoms with E-state index in [1.807, 2.05) is 25.7 Å². The third kappa shape index (κ3) is 6.43. The standard InChI is InChI=1S/C20H33N5O3S/c1-5-21-20(23-15-19(26)25-12-6-7-13-25)22-14-17-8-10-18(11-9-17)29(27,28)24(4)16(2)3/h8-11,16H,5-7,12-15H2,1-4H3,(H2,21,22,23). The minimum absolute atomic E-state index is 0.0805. The molecule has 1 aliphatic heterocycles. The Morgan fingerprint density at radius 3 is 2.34 bits per heavy atom. The van der Waals surface area contributed by atoms with Crippen molar-refractivity contribution in [1.29, 1.82) is 0 Å². The van der Waals surface area contributed by atoms with Crippen LogP contribution in [0.4, 0.5) is 0 Å². The Kier molecular flexibility index (Phi) is 8.45. The van der Waals surface area contributed by atoms with E-state index < -0.39 is 10.0 Å². The lowest BCUT2D eigenvalue weighted by Crippen LogP contribution is -2.44. The number of carbonyl (C=O) groups excluding carboxylic acids is 1. The van der Waals surface area contributed by atoms with Crippen molar-refractivity contribution in [2.45, 2.75) is 51.1 Å². The highest BCUT2D eigenvalue weighted by molar-refractivity contribution is 7.89. The summed E-state index contributed by atoms with van der Waals surface area (Å²) >= 11 is 0. The number of nitrogens with zero attached hydrogens (tertiary/aromatic N) is 3. The van der Waals surface area contributed by atoms with Crippen LogP contribution in [0.3, 0.4) is 0 Å². The summed E-state index contributed by atoms with van der Waals surface area (Å²) in [4.78, 5) is 18.8. The van der Waals surface area contributed by atoms with Crippen molar-refractivity contribution in [2.75, 3.05) is 33.2 Å². The highest BCUT2D eigenvalue weighted by Crippen LogP contribution is 2.17. The summed E-state index contributed by atoms with van der Waals surface area (Å²) < 4.78 is 26.4. The van der Waals surface area contributed by atoms with Gasteiger partial charge in [-0.15, -0.1) is 0 Å². The predicted octanol–water partition coefficient (Wildman–Crippen LogP) is 1.39. The third-order valence-corrected chi connectivity index (χ3v) is 7.01. The lowest BCUT2D eigenvalue weighted by atomic mass is 10.2. The summed E-state index contributed by atoms with van der Waals surface area (Å²) in [6.45, 7) is 8.57. The van der Waals surface area contributed by atoms with E-state index >= 15 is 0 Å². The number of amides is 1. The van der Waals surface area contributed by atoms with E-state index in [9.17, 15) is 13.2 Å². The van der Waals surface area contributed by atoms with Gasteiger partial charge in [0.15, 0.2) is 5.96 Å². The second-order valence-corrected chi connectivity index (χ2v) is 9.39. The van der Waals surface area contributed by atoms with Crippen LogP contribution in [0.2, 0.25) is 0 Å². The van der Waals surface area contributed by atoms with E-state index in [-0.39, 0.29) is 23.4 Å².